The molecular formula is C19H18N4O4. The second-order valence-corrected chi connectivity index (χ2v) is 5.94. The average molecular weight is 366 g/mol. The quantitative estimate of drug-likeness (QED) is 0.338. The highest BCUT2D eigenvalue weighted by atomic mass is 16.6. The Labute approximate surface area is 154 Å². The summed E-state index contributed by atoms with van der Waals surface area (Å²) in [5, 5.41) is 17.1. The SMILES string of the molecule is O=C(NCCCNC(=O)c1cc2ccccc2[nH]1)c1ccc([N+](=O)[O-])cc1. The molecule has 1 aromatic heterocycles. The van der Waals surface area contributed by atoms with Crippen molar-refractivity contribution < 1.29 is 14.5 Å². The zero-order valence-electron chi connectivity index (χ0n) is 14.4. The summed E-state index contributed by atoms with van der Waals surface area (Å²) in [7, 11) is 0. The van der Waals surface area contributed by atoms with Gasteiger partial charge in [0.1, 0.15) is 5.69 Å². The number of aromatic amines is 1. The zero-order valence-corrected chi connectivity index (χ0v) is 14.4. The van der Waals surface area contributed by atoms with E-state index in [0.717, 1.165) is 10.9 Å². The predicted molar refractivity (Wildman–Crippen MR) is 101 cm³/mol. The molecule has 3 aromatic rings. The molecule has 2 aromatic carbocycles. The van der Waals surface area contributed by atoms with Crippen LogP contribution in [0, 0.1) is 10.1 Å². The molecule has 0 bridgehead atoms. The van der Waals surface area contributed by atoms with Crippen LogP contribution in [0.2, 0.25) is 0 Å². The molecule has 8 heteroatoms. The molecule has 0 atom stereocenters. The second kappa shape index (κ2) is 8.13. The molecule has 0 aliphatic heterocycles. The monoisotopic (exact) mass is 366 g/mol. The van der Waals surface area contributed by atoms with Gasteiger partial charge in [0.05, 0.1) is 4.92 Å². The Hall–Kier alpha value is -3.68. The van der Waals surface area contributed by atoms with E-state index in [4.69, 9.17) is 0 Å². The Morgan fingerprint density at radius 1 is 0.963 bits per heavy atom. The maximum atomic E-state index is 12.1. The molecule has 0 fully saturated rings. The van der Waals surface area contributed by atoms with E-state index in [2.05, 4.69) is 15.6 Å². The first-order valence-electron chi connectivity index (χ1n) is 8.43. The average Bonchev–Trinajstić information content (AvgIpc) is 3.12. The number of carbonyl (C=O) groups excluding carboxylic acids is 2. The van der Waals surface area contributed by atoms with Gasteiger partial charge in [-0.05, 0) is 30.7 Å². The van der Waals surface area contributed by atoms with Crippen LogP contribution in [-0.4, -0.2) is 34.8 Å². The van der Waals surface area contributed by atoms with Crippen molar-refractivity contribution in [2.24, 2.45) is 0 Å². The standard InChI is InChI=1S/C19H18N4O4/c24-18(13-6-8-15(9-7-13)23(26)27)20-10-3-11-21-19(25)17-12-14-4-1-2-5-16(14)22-17/h1-2,4-9,12,22H,3,10-11H2,(H,20,24)(H,21,25). The molecule has 3 N–H and O–H groups in total. The first kappa shape index (κ1) is 18.1. The van der Waals surface area contributed by atoms with Crippen LogP contribution in [-0.2, 0) is 0 Å². The molecule has 0 unspecified atom stereocenters. The summed E-state index contributed by atoms with van der Waals surface area (Å²) in [5.74, 6) is -0.514. The van der Waals surface area contributed by atoms with Gasteiger partial charge in [0.25, 0.3) is 17.5 Å². The summed E-state index contributed by atoms with van der Waals surface area (Å²) in [4.78, 5) is 37.3. The van der Waals surface area contributed by atoms with Crippen molar-refractivity contribution in [1.82, 2.24) is 15.6 Å². The lowest BCUT2D eigenvalue weighted by Gasteiger charge is -2.06. The summed E-state index contributed by atoms with van der Waals surface area (Å²) in [5.41, 5.74) is 1.68. The molecule has 0 saturated heterocycles. The van der Waals surface area contributed by atoms with Crippen LogP contribution in [0.1, 0.15) is 27.3 Å². The van der Waals surface area contributed by atoms with Crippen molar-refractivity contribution in [3.63, 3.8) is 0 Å². The largest absolute Gasteiger partial charge is 0.352 e. The van der Waals surface area contributed by atoms with E-state index in [1.54, 1.807) is 6.07 Å². The van der Waals surface area contributed by atoms with Gasteiger partial charge in [-0.2, -0.15) is 0 Å². The lowest BCUT2D eigenvalue weighted by molar-refractivity contribution is -0.384. The first-order valence-corrected chi connectivity index (χ1v) is 8.43. The number of nitro benzene ring substituents is 1. The van der Waals surface area contributed by atoms with Crippen LogP contribution < -0.4 is 10.6 Å². The van der Waals surface area contributed by atoms with Crippen LogP contribution in [0.25, 0.3) is 10.9 Å². The number of para-hydroxylation sites is 1. The molecule has 138 valence electrons. The normalized spacial score (nSPS) is 10.5. The molecule has 0 aliphatic rings. The molecule has 27 heavy (non-hydrogen) atoms. The van der Waals surface area contributed by atoms with E-state index in [9.17, 15) is 19.7 Å². The minimum Gasteiger partial charge on any atom is -0.352 e. The molecule has 3 rings (SSSR count). The maximum Gasteiger partial charge on any atom is 0.269 e. The number of carbonyl (C=O) groups is 2. The number of fused-ring (bicyclic) bond motifs is 1. The number of hydrogen-bond donors (Lipinski definition) is 3. The fourth-order valence-corrected chi connectivity index (χ4v) is 2.62. The lowest BCUT2D eigenvalue weighted by atomic mass is 10.2. The van der Waals surface area contributed by atoms with Crippen molar-refractivity contribution >= 4 is 28.4 Å². The van der Waals surface area contributed by atoms with Crippen LogP contribution in [0.15, 0.2) is 54.6 Å². The Bertz CT molecular complexity index is 946. The van der Waals surface area contributed by atoms with E-state index in [-0.39, 0.29) is 17.5 Å². The number of H-pyrrole nitrogens is 1. The van der Waals surface area contributed by atoms with Crippen LogP contribution >= 0.6 is 0 Å². The van der Waals surface area contributed by atoms with Crippen LogP contribution in [0.3, 0.4) is 0 Å². The topological polar surface area (TPSA) is 117 Å². The summed E-state index contributed by atoms with van der Waals surface area (Å²) in [6.45, 7) is 0.789. The smallest absolute Gasteiger partial charge is 0.269 e. The van der Waals surface area contributed by atoms with Crippen molar-refractivity contribution in [3.05, 3.63) is 76.0 Å². The highest BCUT2D eigenvalue weighted by Gasteiger charge is 2.10. The summed E-state index contributed by atoms with van der Waals surface area (Å²) < 4.78 is 0. The minimum absolute atomic E-state index is 0.0637. The van der Waals surface area contributed by atoms with Gasteiger partial charge in [0.2, 0.25) is 0 Å². The highest BCUT2D eigenvalue weighted by Crippen LogP contribution is 2.14. The molecule has 0 aliphatic carbocycles. The van der Waals surface area contributed by atoms with Gasteiger partial charge in [-0.15, -0.1) is 0 Å². The molecule has 2 amide bonds. The Morgan fingerprint density at radius 3 is 2.30 bits per heavy atom. The third kappa shape index (κ3) is 4.49. The van der Waals surface area contributed by atoms with Gasteiger partial charge in [0, 0.05) is 41.7 Å². The first-order chi connectivity index (χ1) is 13.0. The predicted octanol–water partition coefficient (Wildman–Crippen LogP) is 2.63. The van der Waals surface area contributed by atoms with Gasteiger partial charge in [-0.1, -0.05) is 18.2 Å². The van der Waals surface area contributed by atoms with Crippen molar-refractivity contribution in [1.29, 1.82) is 0 Å². The number of amides is 2. The maximum absolute atomic E-state index is 12.1. The number of rotatable bonds is 7. The van der Waals surface area contributed by atoms with Crippen molar-refractivity contribution in [2.75, 3.05) is 13.1 Å². The third-order valence-corrected chi connectivity index (χ3v) is 4.04. The molecule has 0 spiro atoms. The van der Waals surface area contributed by atoms with Crippen molar-refractivity contribution in [2.45, 2.75) is 6.42 Å². The van der Waals surface area contributed by atoms with E-state index >= 15 is 0 Å². The summed E-state index contributed by atoms with van der Waals surface area (Å²) in [6.07, 6.45) is 0.560. The second-order valence-electron chi connectivity index (χ2n) is 5.94. The molecular weight excluding hydrogens is 348 g/mol. The van der Waals surface area contributed by atoms with Crippen molar-refractivity contribution in [3.8, 4) is 0 Å². The lowest BCUT2D eigenvalue weighted by Crippen LogP contribution is -2.30. The number of nitrogens with zero attached hydrogens (tertiary/aromatic N) is 1. The zero-order chi connectivity index (χ0) is 19.2. The molecule has 0 saturated carbocycles. The number of nitrogens with one attached hydrogen (secondary N) is 3. The minimum atomic E-state index is -0.516. The van der Waals surface area contributed by atoms with E-state index in [0.29, 0.717) is 30.8 Å². The Morgan fingerprint density at radius 2 is 1.63 bits per heavy atom. The molecule has 0 radical (unpaired) electrons. The number of non-ortho nitro benzene ring substituents is 1. The van der Waals surface area contributed by atoms with E-state index in [1.165, 1.54) is 24.3 Å². The fourth-order valence-electron chi connectivity index (χ4n) is 2.62. The van der Waals surface area contributed by atoms with E-state index in [1.807, 2.05) is 24.3 Å². The number of nitro groups is 1. The Balaban J connectivity index is 1.41. The Kier molecular flexibility index (Phi) is 5.46. The molecule has 8 nitrogen and oxygen atoms in total. The molecule has 1 heterocycles. The number of hydrogen-bond acceptors (Lipinski definition) is 4. The van der Waals surface area contributed by atoms with Gasteiger partial charge < -0.3 is 15.6 Å². The van der Waals surface area contributed by atoms with Gasteiger partial charge >= 0.3 is 0 Å². The number of aromatic nitrogens is 1. The third-order valence-electron chi connectivity index (χ3n) is 4.04. The fraction of sp³-hybridized carbons (Fsp3) is 0.158. The van der Waals surface area contributed by atoms with Gasteiger partial charge in [-0.3, -0.25) is 19.7 Å². The summed E-state index contributed by atoms with van der Waals surface area (Å²) in [6, 6.07) is 14.8. The van der Waals surface area contributed by atoms with Gasteiger partial charge in [-0.25, -0.2) is 0 Å². The van der Waals surface area contributed by atoms with Crippen LogP contribution in [0.5, 0.6) is 0 Å². The highest BCUT2D eigenvalue weighted by molar-refractivity contribution is 5.98. The van der Waals surface area contributed by atoms with Gasteiger partial charge in [0.15, 0.2) is 0 Å². The summed E-state index contributed by atoms with van der Waals surface area (Å²) >= 11 is 0. The number of benzene rings is 2. The van der Waals surface area contributed by atoms with E-state index < -0.39 is 4.92 Å². The van der Waals surface area contributed by atoms with Crippen LogP contribution in [0.4, 0.5) is 5.69 Å².